The average molecular weight is 337 g/mol. The molecule has 1 aliphatic rings. The Labute approximate surface area is 147 Å². The van der Waals surface area contributed by atoms with Crippen molar-refractivity contribution in [3.05, 3.63) is 58.9 Å². The molecule has 0 amide bonds. The molecule has 4 heteroatoms. The molecule has 0 radical (unpaired) electrons. The lowest BCUT2D eigenvalue weighted by molar-refractivity contribution is 0.353. The summed E-state index contributed by atoms with van der Waals surface area (Å²) in [6.07, 6.45) is 11.7. The minimum atomic E-state index is -0.330. The molecule has 0 aliphatic heterocycles. The zero-order valence-corrected chi connectivity index (χ0v) is 14.7. The summed E-state index contributed by atoms with van der Waals surface area (Å²) in [5.74, 6) is 0.345. The van der Waals surface area contributed by atoms with E-state index in [4.69, 9.17) is 0 Å². The van der Waals surface area contributed by atoms with Gasteiger partial charge in [-0.15, -0.1) is 0 Å². The summed E-state index contributed by atoms with van der Waals surface area (Å²) in [6.45, 7) is 2.02. The van der Waals surface area contributed by atoms with Gasteiger partial charge in [-0.25, -0.2) is 9.97 Å². The summed E-state index contributed by atoms with van der Waals surface area (Å²) in [4.78, 5) is 11.8. The number of hydrogen-bond donors (Lipinski definition) is 1. The van der Waals surface area contributed by atoms with Gasteiger partial charge in [0.25, 0.3) is 0 Å². The number of fused-ring (bicyclic) bond motifs is 1. The van der Waals surface area contributed by atoms with E-state index in [-0.39, 0.29) is 5.95 Å². The molecule has 130 valence electrons. The summed E-state index contributed by atoms with van der Waals surface area (Å²) in [5.41, 5.74) is 4.56. The topological polar surface area (TPSA) is 41.6 Å². The first-order chi connectivity index (χ1) is 12.2. The second kappa shape index (κ2) is 6.95. The minimum absolute atomic E-state index is 0.330. The number of nitrogens with one attached hydrogen (secondary N) is 1. The van der Waals surface area contributed by atoms with Gasteiger partial charge in [-0.3, -0.25) is 0 Å². The molecule has 0 unspecified atom stereocenters. The Balaban J connectivity index is 1.53. The number of aromatic nitrogens is 3. The van der Waals surface area contributed by atoms with Gasteiger partial charge in [0.15, 0.2) is 0 Å². The predicted octanol–water partition coefficient (Wildman–Crippen LogP) is 5.12. The zero-order chi connectivity index (χ0) is 17.2. The molecule has 1 N–H and O–H groups in total. The van der Waals surface area contributed by atoms with Gasteiger partial charge < -0.3 is 4.98 Å². The van der Waals surface area contributed by atoms with Gasteiger partial charge in [-0.2, -0.15) is 4.39 Å². The molecule has 1 saturated carbocycles. The van der Waals surface area contributed by atoms with Crippen molar-refractivity contribution >= 4 is 11.0 Å². The molecule has 0 atom stereocenters. The van der Waals surface area contributed by atoms with E-state index in [1.54, 1.807) is 0 Å². The Morgan fingerprint density at radius 1 is 1.16 bits per heavy atom. The van der Waals surface area contributed by atoms with Crippen molar-refractivity contribution in [1.29, 1.82) is 0 Å². The van der Waals surface area contributed by atoms with Crippen molar-refractivity contribution in [2.24, 2.45) is 5.92 Å². The molecule has 3 aromatic heterocycles. The molecule has 4 rings (SSSR count). The maximum Gasteiger partial charge on any atom is 0.216 e. The van der Waals surface area contributed by atoms with Gasteiger partial charge in [0.2, 0.25) is 5.95 Å². The highest BCUT2D eigenvalue weighted by molar-refractivity contribution is 5.80. The SMILES string of the molecule is Cc1cnc2[nH]cc(Cc3ccc(CC4CCCCC4)nc3F)c2c1. The molecule has 0 aromatic carbocycles. The largest absolute Gasteiger partial charge is 0.346 e. The van der Waals surface area contributed by atoms with E-state index in [2.05, 4.69) is 21.0 Å². The van der Waals surface area contributed by atoms with Gasteiger partial charge in [0, 0.05) is 35.5 Å². The van der Waals surface area contributed by atoms with Crippen molar-refractivity contribution in [2.45, 2.75) is 51.9 Å². The lowest BCUT2D eigenvalue weighted by atomic mass is 9.86. The Hall–Kier alpha value is -2.23. The van der Waals surface area contributed by atoms with E-state index in [9.17, 15) is 4.39 Å². The summed E-state index contributed by atoms with van der Waals surface area (Å²) in [5, 5.41) is 1.06. The molecule has 25 heavy (non-hydrogen) atoms. The lowest BCUT2D eigenvalue weighted by Gasteiger charge is -2.21. The average Bonchev–Trinajstić information content (AvgIpc) is 3.00. The van der Waals surface area contributed by atoms with E-state index in [1.165, 1.54) is 32.1 Å². The number of nitrogens with zero attached hydrogens (tertiary/aromatic N) is 2. The van der Waals surface area contributed by atoms with E-state index < -0.39 is 0 Å². The number of H-pyrrole nitrogens is 1. The fourth-order valence-electron chi connectivity index (χ4n) is 3.95. The van der Waals surface area contributed by atoms with Crippen LogP contribution in [0.3, 0.4) is 0 Å². The maximum atomic E-state index is 14.5. The molecule has 0 bridgehead atoms. The third kappa shape index (κ3) is 3.58. The standard InChI is InChI=1S/C21H24FN3/c1-14-9-19-17(13-24-21(19)23-12-14)11-16-7-8-18(25-20(16)22)10-15-5-3-2-4-6-15/h7-9,12-13,15H,2-6,10-11H2,1H3,(H,23,24). The van der Waals surface area contributed by atoms with E-state index in [0.717, 1.165) is 34.3 Å². The summed E-state index contributed by atoms with van der Waals surface area (Å²) in [7, 11) is 0. The summed E-state index contributed by atoms with van der Waals surface area (Å²) in [6, 6.07) is 6.00. The minimum Gasteiger partial charge on any atom is -0.346 e. The van der Waals surface area contributed by atoms with Crippen molar-refractivity contribution < 1.29 is 4.39 Å². The molecule has 3 heterocycles. The van der Waals surface area contributed by atoms with Crippen LogP contribution in [0.5, 0.6) is 0 Å². The fourth-order valence-corrected chi connectivity index (χ4v) is 3.95. The smallest absolute Gasteiger partial charge is 0.216 e. The molecule has 3 nitrogen and oxygen atoms in total. The number of rotatable bonds is 4. The van der Waals surface area contributed by atoms with Crippen molar-refractivity contribution in [1.82, 2.24) is 15.0 Å². The molecule has 1 fully saturated rings. The van der Waals surface area contributed by atoms with Crippen LogP contribution in [0.4, 0.5) is 4.39 Å². The third-order valence-corrected chi connectivity index (χ3v) is 5.34. The van der Waals surface area contributed by atoms with Crippen LogP contribution >= 0.6 is 0 Å². The Kier molecular flexibility index (Phi) is 4.51. The van der Waals surface area contributed by atoms with E-state index in [0.29, 0.717) is 17.9 Å². The number of halogens is 1. The number of aromatic amines is 1. The lowest BCUT2D eigenvalue weighted by Crippen LogP contribution is -2.11. The monoisotopic (exact) mass is 337 g/mol. The van der Waals surface area contributed by atoms with Gasteiger partial charge in [0.05, 0.1) is 0 Å². The van der Waals surface area contributed by atoms with Crippen LogP contribution in [0.1, 0.15) is 54.5 Å². The van der Waals surface area contributed by atoms with Crippen molar-refractivity contribution in [3.63, 3.8) is 0 Å². The Morgan fingerprint density at radius 3 is 2.80 bits per heavy atom. The third-order valence-electron chi connectivity index (χ3n) is 5.34. The second-order valence-electron chi connectivity index (χ2n) is 7.36. The quantitative estimate of drug-likeness (QED) is 0.671. The zero-order valence-electron chi connectivity index (χ0n) is 14.7. The number of aryl methyl sites for hydroxylation is 1. The van der Waals surface area contributed by atoms with E-state index in [1.807, 2.05) is 31.5 Å². The normalized spacial score (nSPS) is 15.8. The highest BCUT2D eigenvalue weighted by atomic mass is 19.1. The number of hydrogen-bond acceptors (Lipinski definition) is 2. The predicted molar refractivity (Wildman–Crippen MR) is 98.1 cm³/mol. The first kappa shape index (κ1) is 16.2. The first-order valence-corrected chi connectivity index (χ1v) is 9.26. The molecular weight excluding hydrogens is 313 g/mol. The highest BCUT2D eigenvalue weighted by Gasteiger charge is 2.16. The van der Waals surface area contributed by atoms with Crippen LogP contribution in [-0.2, 0) is 12.8 Å². The number of pyridine rings is 2. The molecule has 0 spiro atoms. The van der Waals surface area contributed by atoms with Crippen LogP contribution in [0.25, 0.3) is 11.0 Å². The van der Waals surface area contributed by atoms with Gasteiger partial charge in [-0.05, 0) is 42.5 Å². The summed E-state index contributed by atoms with van der Waals surface area (Å²) < 4.78 is 14.5. The van der Waals surface area contributed by atoms with Crippen molar-refractivity contribution in [3.8, 4) is 0 Å². The van der Waals surface area contributed by atoms with Crippen LogP contribution in [-0.4, -0.2) is 15.0 Å². The van der Waals surface area contributed by atoms with Gasteiger partial charge >= 0.3 is 0 Å². The second-order valence-corrected chi connectivity index (χ2v) is 7.36. The molecular formula is C21H24FN3. The first-order valence-electron chi connectivity index (χ1n) is 9.26. The van der Waals surface area contributed by atoms with Crippen LogP contribution < -0.4 is 0 Å². The molecule has 1 aliphatic carbocycles. The molecule has 3 aromatic rings. The maximum absolute atomic E-state index is 14.5. The van der Waals surface area contributed by atoms with Crippen LogP contribution in [0, 0.1) is 18.8 Å². The van der Waals surface area contributed by atoms with Crippen molar-refractivity contribution in [2.75, 3.05) is 0 Å². The van der Waals surface area contributed by atoms with Crippen LogP contribution in [0.2, 0.25) is 0 Å². The van der Waals surface area contributed by atoms with Gasteiger partial charge in [0.1, 0.15) is 5.65 Å². The fraction of sp³-hybridized carbons (Fsp3) is 0.429. The van der Waals surface area contributed by atoms with E-state index >= 15 is 0 Å². The Morgan fingerprint density at radius 2 is 2.00 bits per heavy atom. The summed E-state index contributed by atoms with van der Waals surface area (Å²) >= 11 is 0. The van der Waals surface area contributed by atoms with Gasteiger partial charge in [-0.1, -0.05) is 38.2 Å². The highest BCUT2D eigenvalue weighted by Crippen LogP contribution is 2.27. The Bertz CT molecular complexity index is 878. The molecule has 0 saturated heterocycles. The van der Waals surface area contributed by atoms with Crippen LogP contribution in [0.15, 0.2) is 30.6 Å².